The average Bonchev–Trinajstić information content (AvgIpc) is 3.73. The van der Waals surface area contributed by atoms with Crippen LogP contribution in [0.15, 0.2) is 52.5 Å². The number of nitrogens with zero attached hydrogens (tertiary/aromatic N) is 5. The number of aliphatic imine (C=N–C) groups is 1. The average molecular weight is 774 g/mol. The summed E-state index contributed by atoms with van der Waals surface area (Å²) in [6.07, 6.45) is 6.50. The van der Waals surface area contributed by atoms with Crippen molar-refractivity contribution in [3.05, 3.63) is 91.3 Å². The van der Waals surface area contributed by atoms with Gasteiger partial charge >= 0.3 is 0 Å². The molecule has 4 amide bonds. The van der Waals surface area contributed by atoms with Crippen LogP contribution in [-0.4, -0.2) is 62.2 Å². The molecule has 0 saturated heterocycles. The molecule has 2 atom stereocenters. The van der Waals surface area contributed by atoms with Gasteiger partial charge in [-0.25, -0.2) is 4.98 Å². The topological polar surface area (TPSA) is 172 Å². The summed E-state index contributed by atoms with van der Waals surface area (Å²) in [6.45, 7) is 10.2. The number of aromatic nitrogens is 4. The summed E-state index contributed by atoms with van der Waals surface area (Å²) in [5.41, 5.74) is 4.53. The van der Waals surface area contributed by atoms with Crippen LogP contribution >= 0.6 is 34.3 Å². The molecule has 276 valence electrons. The SMILES string of the molecule is Cc1nc(NC(=O)c2ccccc2NC(=O)CCC(=O)NCCNC(=O)C[C@@H]2N=C(C3C=CC(Cl)=CC3)c3c(sc(C)c3C)-n3c(C)nnc32)sc1C. The van der Waals surface area contributed by atoms with E-state index in [1.165, 1.54) is 16.2 Å². The number of amides is 4. The van der Waals surface area contributed by atoms with Crippen molar-refractivity contribution < 1.29 is 19.2 Å². The number of allylic oxidation sites excluding steroid dienone is 4. The Morgan fingerprint density at radius 3 is 2.36 bits per heavy atom. The minimum atomic E-state index is -0.578. The van der Waals surface area contributed by atoms with Gasteiger partial charge in [-0.15, -0.1) is 32.9 Å². The number of carbonyl (C=O) groups excluding carboxylic acids is 4. The molecule has 1 aromatic carbocycles. The lowest BCUT2D eigenvalue weighted by Gasteiger charge is -2.19. The molecule has 4 N–H and O–H groups in total. The smallest absolute Gasteiger partial charge is 0.259 e. The number of hydrogen-bond acceptors (Lipinski definition) is 10. The molecule has 16 heteroatoms. The van der Waals surface area contributed by atoms with Crippen molar-refractivity contribution in [3.8, 4) is 5.00 Å². The van der Waals surface area contributed by atoms with Gasteiger partial charge in [-0.3, -0.25) is 34.1 Å². The third-order valence-electron chi connectivity index (χ3n) is 9.10. The molecular weight excluding hydrogens is 734 g/mol. The van der Waals surface area contributed by atoms with Gasteiger partial charge in [-0.2, -0.15) is 0 Å². The third-order valence-corrected chi connectivity index (χ3v) is 11.6. The van der Waals surface area contributed by atoms with Gasteiger partial charge in [0.05, 0.1) is 29.1 Å². The van der Waals surface area contributed by atoms with E-state index in [1.54, 1.807) is 35.6 Å². The molecule has 4 heterocycles. The number of anilines is 2. The van der Waals surface area contributed by atoms with Crippen LogP contribution < -0.4 is 21.3 Å². The predicted octanol–water partition coefficient (Wildman–Crippen LogP) is 6.16. The van der Waals surface area contributed by atoms with Crippen LogP contribution in [0.2, 0.25) is 0 Å². The Labute approximate surface area is 320 Å². The first kappa shape index (κ1) is 37.8. The summed E-state index contributed by atoms with van der Waals surface area (Å²) in [4.78, 5) is 63.2. The van der Waals surface area contributed by atoms with Crippen molar-refractivity contribution in [2.24, 2.45) is 10.9 Å². The zero-order chi connectivity index (χ0) is 37.8. The lowest BCUT2D eigenvalue weighted by atomic mass is 9.89. The standard InChI is InChI=1S/C37H40ClN9O4S2/c1-19-21(3)52-36-32(19)33(24-10-12-25(38)13-11-24)43-28(34-46-45-23(5)47(34)36)18-31(50)40-17-16-39-29(48)14-15-30(49)42-27-9-7-6-8-26(27)35(51)44-37-41-20(2)22(4)53-37/h6-10,12-13,24,28H,11,14-18H2,1-5H3,(H,39,48)(H,40,50)(H,42,49)(H,41,44,51)/t24?,28-/m0/s1. The molecule has 3 aromatic heterocycles. The lowest BCUT2D eigenvalue weighted by molar-refractivity contribution is -0.124. The summed E-state index contributed by atoms with van der Waals surface area (Å²) in [7, 11) is 0. The van der Waals surface area contributed by atoms with E-state index in [-0.39, 0.29) is 55.6 Å². The van der Waals surface area contributed by atoms with Crippen LogP contribution in [0.4, 0.5) is 10.8 Å². The van der Waals surface area contributed by atoms with E-state index in [0.717, 1.165) is 38.2 Å². The molecule has 0 radical (unpaired) electrons. The Hall–Kier alpha value is -4.99. The number of aryl methyl sites for hydroxylation is 4. The first-order valence-electron chi connectivity index (χ1n) is 17.2. The largest absolute Gasteiger partial charge is 0.354 e. The number of thiazole rings is 1. The molecule has 53 heavy (non-hydrogen) atoms. The van der Waals surface area contributed by atoms with Crippen molar-refractivity contribution >= 4 is 74.4 Å². The molecule has 1 unspecified atom stereocenters. The first-order chi connectivity index (χ1) is 25.4. The number of benzene rings is 1. The predicted molar refractivity (Wildman–Crippen MR) is 208 cm³/mol. The fraction of sp³-hybridized carbons (Fsp3) is 0.351. The number of carbonyl (C=O) groups is 4. The summed E-state index contributed by atoms with van der Waals surface area (Å²) >= 11 is 9.28. The first-order valence-corrected chi connectivity index (χ1v) is 19.2. The maximum atomic E-state index is 13.3. The quantitative estimate of drug-likeness (QED) is 0.125. The van der Waals surface area contributed by atoms with Gasteiger partial charge in [0.15, 0.2) is 11.0 Å². The van der Waals surface area contributed by atoms with Crippen LogP contribution in [-0.2, 0) is 14.4 Å². The van der Waals surface area contributed by atoms with E-state index in [2.05, 4.69) is 56.4 Å². The summed E-state index contributed by atoms with van der Waals surface area (Å²) in [6, 6.07) is 6.07. The number of thiophene rings is 1. The van der Waals surface area contributed by atoms with Crippen LogP contribution in [0.5, 0.6) is 0 Å². The van der Waals surface area contributed by atoms with Gasteiger partial charge in [0.1, 0.15) is 16.9 Å². The zero-order valence-electron chi connectivity index (χ0n) is 30.0. The van der Waals surface area contributed by atoms with Gasteiger partial charge in [-0.1, -0.05) is 35.9 Å². The highest BCUT2D eigenvalue weighted by atomic mass is 35.5. The van der Waals surface area contributed by atoms with Crippen molar-refractivity contribution in [1.82, 2.24) is 30.4 Å². The zero-order valence-corrected chi connectivity index (χ0v) is 32.4. The van der Waals surface area contributed by atoms with Gasteiger partial charge in [0.25, 0.3) is 5.91 Å². The number of fused-ring (bicyclic) bond motifs is 3. The van der Waals surface area contributed by atoms with E-state index >= 15 is 0 Å². The number of hydrogen-bond donors (Lipinski definition) is 4. The van der Waals surface area contributed by atoms with E-state index in [1.807, 2.05) is 37.5 Å². The molecule has 0 spiro atoms. The van der Waals surface area contributed by atoms with Crippen molar-refractivity contribution in [1.29, 1.82) is 0 Å². The van der Waals surface area contributed by atoms with Crippen molar-refractivity contribution in [2.45, 2.75) is 66.3 Å². The number of rotatable bonds is 12. The number of halogens is 1. The van der Waals surface area contributed by atoms with Crippen molar-refractivity contribution in [3.63, 3.8) is 0 Å². The molecule has 0 fully saturated rings. The Bertz CT molecular complexity index is 2160. The molecule has 1 aliphatic carbocycles. The normalized spacial score (nSPS) is 16.1. The summed E-state index contributed by atoms with van der Waals surface area (Å²) in [5.74, 6) is -0.101. The van der Waals surface area contributed by atoms with Gasteiger partial charge < -0.3 is 16.0 Å². The van der Waals surface area contributed by atoms with E-state index in [0.29, 0.717) is 28.1 Å². The Morgan fingerprint density at radius 1 is 0.906 bits per heavy atom. The molecule has 6 rings (SSSR count). The minimum Gasteiger partial charge on any atom is -0.354 e. The van der Waals surface area contributed by atoms with E-state index in [9.17, 15) is 19.2 Å². The Kier molecular flexibility index (Phi) is 11.6. The highest BCUT2D eigenvalue weighted by Gasteiger charge is 2.34. The van der Waals surface area contributed by atoms with Gasteiger partial charge in [-0.05, 0) is 64.8 Å². The molecule has 0 saturated carbocycles. The van der Waals surface area contributed by atoms with E-state index < -0.39 is 17.9 Å². The number of para-hydroxylation sites is 1. The van der Waals surface area contributed by atoms with Crippen LogP contribution in [0, 0.1) is 40.5 Å². The second-order valence-corrected chi connectivity index (χ2v) is 15.7. The monoisotopic (exact) mass is 773 g/mol. The van der Waals surface area contributed by atoms with Gasteiger partial charge in [0.2, 0.25) is 17.7 Å². The third kappa shape index (κ3) is 8.64. The maximum absolute atomic E-state index is 13.3. The van der Waals surface area contributed by atoms with Crippen LogP contribution in [0.3, 0.4) is 0 Å². The molecule has 13 nitrogen and oxygen atoms in total. The number of nitrogens with one attached hydrogen (secondary N) is 4. The van der Waals surface area contributed by atoms with Crippen molar-refractivity contribution in [2.75, 3.05) is 23.7 Å². The Balaban J connectivity index is 1.00. The molecule has 0 bridgehead atoms. The molecule has 4 aromatic rings. The summed E-state index contributed by atoms with van der Waals surface area (Å²) in [5, 5.41) is 22.1. The Morgan fingerprint density at radius 2 is 1.64 bits per heavy atom. The molecule has 2 aliphatic rings. The fourth-order valence-corrected chi connectivity index (χ4v) is 8.27. The van der Waals surface area contributed by atoms with Gasteiger partial charge in [0, 0.05) is 52.2 Å². The highest BCUT2D eigenvalue weighted by molar-refractivity contribution is 7.16. The summed E-state index contributed by atoms with van der Waals surface area (Å²) < 4.78 is 2.01. The fourth-order valence-electron chi connectivity index (χ4n) is 6.08. The minimum absolute atomic E-state index is 0.0124. The lowest BCUT2D eigenvalue weighted by Crippen LogP contribution is -2.35. The maximum Gasteiger partial charge on any atom is 0.259 e. The molecule has 1 aliphatic heterocycles. The van der Waals surface area contributed by atoms with Crippen LogP contribution in [0.25, 0.3) is 5.00 Å². The van der Waals surface area contributed by atoms with E-state index in [4.69, 9.17) is 16.6 Å². The molecular formula is C37H40ClN9O4S2. The highest BCUT2D eigenvalue weighted by Crippen LogP contribution is 2.41. The second kappa shape index (κ2) is 16.4. The van der Waals surface area contributed by atoms with Crippen LogP contribution in [0.1, 0.15) is 80.3 Å². The second-order valence-electron chi connectivity index (χ2n) is 12.8.